The number of amides is 1. The normalized spacial score (nSPS) is 11.7. The molecule has 0 saturated carbocycles. The number of aliphatic carboxylic acids is 1. The van der Waals surface area contributed by atoms with Gasteiger partial charge in [0.1, 0.15) is 11.9 Å². The minimum atomic E-state index is -1.16. The third kappa shape index (κ3) is 4.27. The third-order valence-corrected chi connectivity index (χ3v) is 3.79. The number of carbonyl (C=O) groups is 2. The van der Waals surface area contributed by atoms with Crippen LogP contribution >= 0.6 is 22.6 Å². The molecule has 114 valence electrons. The standard InChI is InChI=1S/C16H13FINO3/c17-13-4-2-1-3-12(13)15(20)19-14(16(21)22)9-10-5-7-11(18)8-6-10/h1-8,14H,9H2,(H,19,20)(H,21,22)/t14-/m0/s1. The summed E-state index contributed by atoms with van der Waals surface area (Å²) >= 11 is 2.15. The molecule has 0 aromatic heterocycles. The Bertz CT molecular complexity index is 688. The van der Waals surface area contributed by atoms with E-state index >= 15 is 0 Å². The summed E-state index contributed by atoms with van der Waals surface area (Å²) in [4.78, 5) is 23.3. The zero-order valence-corrected chi connectivity index (χ0v) is 13.6. The van der Waals surface area contributed by atoms with E-state index in [0.29, 0.717) is 0 Å². The summed E-state index contributed by atoms with van der Waals surface area (Å²) in [6.07, 6.45) is 0.131. The van der Waals surface area contributed by atoms with Crippen LogP contribution in [0.5, 0.6) is 0 Å². The number of carboxylic acids is 1. The Balaban J connectivity index is 2.12. The zero-order valence-electron chi connectivity index (χ0n) is 11.4. The van der Waals surface area contributed by atoms with E-state index in [9.17, 15) is 19.1 Å². The number of carbonyl (C=O) groups excluding carboxylic acids is 1. The van der Waals surface area contributed by atoms with Gasteiger partial charge in [-0.1, -0.05) is 24.3 Å². The van der Waals surface area contributed by atoms with Crippen molar-refractivity contribution in [1.82, 2.24) is 5.32 Å². The van der Waals surface area contributed by atoms with Crippen molar-refractivity contribution in [3.63, 3.8) is 0 Å². The molecule has 0 aliphatic carbocycles. The van der Waals surface area contributed by atoms with Crippen LogP contribution in [0, 0.1) is 9.39 Å². The Kier molecular flexibility index (Phi) is 5.48. The maximum Gasteiger partial charge on any atom is 0.326 e. The average molecular weight is 413 g/mol. The maximum atomic E-state index is 13.6. The van der Waals surface area contributed by atoms with Gasteiger partial charge in [-0.25, -0.2) is 9.18 Å². The van der Waals surface area contributed by atoms with Crippen molar-refractivity contribution in [1.29, 1.82) is 0 Å². The van der Waals surface area contributed by atoms with Gasteiger partial charge in [0.25, 0.3) is 5.91 Å². The van der Waals surface area contributed by atoms with Gasteiger partial charge in [0.05, 0.1) is 5.56 Å². The van der Waals surface area contributed by atoms with Gasteiger partial charge >= 0.3 is 5.97 Å². The van der Waals surface area contributed by atoms with Crippen LogP contribution in [0.2, 0.25) is 0 Å². The summed E-state index contributed by atoms with van der Waals surface area (Å²) in [7, 11) is 0. The summed E-state index contributed by atoms with van der Waals surface area (Å²) in [6, 6.07) is 11.6. The highest BCUT2D eigenvalue weighted by Gasteiger charge is 2.22. The number of benzene rings is 2. The highest BCUT2D eigenvalue weighted by atomic mass is 127. The zero-order chi connectivity index (χ0) is 16.1. The molecular weight excluding hydrogens is 400 g/mol. The monoisotopic (exact) mass is 413 g/mol. The molecule has 22 heavy (non-hydrogen) atoms. The van der Waals surface area contributed by atoms with E-state index in [0.717, 1.165) is 15.2 Å². The highest BCUT2D eigenvalue weighted by Crippen LogP contribution is 2.11. The number of halogens is 2. The van der Waals surface area contributed by atoms with Gasteiger partial charge in [-0.3, -0.25) is 4.79 Å². The van der Waals surface area contributed by atoms with Crippen LogP contribution in [-0.4, -0.2) is 23.0 Å². The minimum absolute atomic E-state index is 0.131. The number of hydrogen-bond acceptors (Lipinski definition) is 2. The average Bonchev–Trinajstić information content (AvgIpc) is 2.49. The van der Waals surface area contributed by atoms with Gasteiger partial charge in [0, 0.05) is 9.99 Å². The van der Waals surface area contributed by atoms with Crippen LogP contribution in [0.3, 0.4) is 0 Å². The summed E-state index contributed by atoms with van der Waals surface area (Å²) in [6.45, 7) is 0. The summed E-state index contributed by atoms with van der Waals surface area (Å²) in [5, 5.41) is 11.6. The Morgan fingerprint density at radius 2 is 1.77 bits per heavy atom. The second-order valence-corrected chi connectivity index (χ2v) is 5.92. The fourth-order valence-corrected chi connectivity index (χ4v) is 2.30. The van der Waals surface area contributed by atoms with Crippen LogP contribution in [0.25, 0.3) is 0 Å². The second-order valence-electron chi connectivity index (χ2n) is 4.67. The molecule has 2 N–H and O–H groups in total. The molecule has 0 unspecified atom stereocenters. The van der Waals surface area contributed by atoms with E-state index < -0.39 is 23.7 Å². The van der Waals surface area contributed by atoms with Crippen LogP contribution in [0.4, 0.5) is 4.39 Å². The molecule has 2 aromatic rings. The van der Waals surface area contributed by atoms with Gasteiger partial charge in [-0.15, -0.1) is 0 Å². The van der Waals surface area contributed by atoms with E-state index in [1.807, 2.05) is 12.1 Å². The third-order valence-electron chi connectivity index (χ3n) is 3.07. The SMILES string of the molecule is O=C(N[C@@H](Cc1ccc(I)cc1)C(=O)O)c1ccccc1F. The van der Waals surface area contributed by atoms with Crippen molar-refractivity contribution >= 4 is 34.5 Å². The highest BCUT2D eigenvalue weighted by molar-refractivity contribution is 14.1. The molecule has 0 aliphatic rings. The largest absolute Gasteiger partial charge is 0.480 e. The predicted octanol–water partition coefficient (Wildman–Crippen LogP) is 2.86. The Labute approximate surface area is 140 Å². The Morgan fingerprint density at radius 1 is 1.14 bits per heavy atom. The molecule has 1 amide bonds. The van der Waals surface area contributed by atoms with Crippen molar-refractivity contribution in [2.45, 2.75) is 12.5 Å². The van der Waals surface area contributed by atoms with E-state index in [1.165, 1.54) is 18.2 Å². The first-order valence-electron chi connectivity index (χ1n) is 6.50. The quantitative estimate of drug-likeness (QED) is 0.742. The van der Waals surface area contributed by atoms with Crippen LogP contribution in [-0.2, 0) is 11.2 Å². The molecule has 0 aliphatic heterocycles. The molecule has 0 radical (unpaired) electrons. The lowest BCUT2D eigenvalue weighted by Gasteiger charge is -2.15. The summed E-state index contributed by atoms with van der Waals surface area (Å²) in [5.41, 5.74) is 0.609. The summed E-state index contributed by atoms with van der Waals surface area (Å²) in [5.74, 6) is -2.59. The molecule has 0 spiro atoms. The minimum Gasteiger partial charge on any atom is -0.480 e. The molecule has 0 bridgehead atoms. The van der Waals surface area contributed by atoms with Crippen molar-refractivity contribution in [2.24, 2.45) is 0 Å². The fourth-order valence-electron chi connectivity index (χ4n) is 1.94. The van der Waals surface area contributed by atoms with Crippen molar-refractivity contribution < 1.29 is 19.1 Å². The van der Waals surface area contributed by atoms with E-state index in [2.05, 4.69) is 27.9 Å². The van der Waals surface area contributed by atoms with E-state index in [1.54, 1.807) is 12.1 Å². The van der Waals surface area contributed by atoms with Gasteiger partial charge in [0.2, 0.25) is 0 Å². The number of hydrogen-bond donors (Lipinski definition) is 2. The number of rotatable bonds is 5. The first-order chi connectivity index (χ1) is 10.5. The molecule has 0 fully saturated rings. The molecule has 0 saturated heterocycles. The van der Waals surface area contributed by atoms with Crippen molar-refractivity contribution in [3.8, 4) is 0 Å². The second kappa shape index (κ2) is 7.35. The molecule has 2 aromatic carbocycles. The molecule has 2 rings (SSSR count). The van der Waals surface area contributed by atoms with E-state index in [4.69, 9.17) is 0 Å². The van der Waals surface area contributed by atoms with Crippen LogP contribution in [0.15, 0.2) is 48.5 Å². The number of nitrogens with one attached hydrogen (secondary N) is 1. The van der Waals surface area contributed by atoms with Gasteiger partial charge in [-0.05, 0) is 52.4 Å². The lowest BCUT2D eigenvalue weighted by atomic mass is 10.1. The fraction of sp³-hybridized carbons (Fsp3) is 0.125. The Morgan fingerprint density at radius 3 is 2.36 bits per heavy atom. The molecular formula is C16H13FINO3. The topological polar surface area (TPSA) is 66.4 Å². The summed E-state index contributed by atoms with van der Waals surface area (Å²) < 4.78 is 14.6. The van der Waals surface area contributed by atoms with Crippen molar-refractivity contribution in [3.05, 3.63) is 69.0 Å². The molecule has 0 heterocycles. The van der Waals surface area contributed by atoms with Crippen LogP contribution in [0.1, 0.15) is 15.9 Å². The smallest absolute Gasteiger partial charge is 0.326 e. The first-order valence-corrected chi connectivity index (χ1v) is 7.58. The first kappa shape index (κ1) is 16.4. The van der Waals surface area contributed by atoms with E-state index in [-0.39, 0.29) is 12.0 Å². The van der Waals surface area contributed by atoms with Gasteiger partial charge in [0.15, 0.2) is 0 Å². The maximum absolute atomic E-state index is 13.6. The molecule has 1 atom stereocenters. The van der Waals surface area contributed by atoms with Crippen LogP contribution < -0.4 is 5.32 Å². The van der Waals surface area contributed by atoms with Gasteiger partial charge in [-0.2, -0.15) is 0 Å². The molecule has 4 nitrogen and oxygen atoms in total. The molecule has 6 heteroatoms. The Hall–Kier alpha value is -1.96. The lowest BCUT2D eigenvalue weighted by Crippen LogP contribution is -2.42. The van der Waals surface area contributed by atoms with Crippen molar-refractivity contribution in [2.75, 3.05) is 0 Å². The lowest BCUT2D eigenvalue weighted by molar-refractivity contribution is -0.139. The predicted molar refractivity (Wildman–Crippen MR) is 88.2 cm³/mol. The van der Waals surface area contributed by atoms with Gasteiger partial charge < -0.3 is 10.4 Å². The number of carboxylic acid groups (broad SMARTS) is 1.